The van der Waals surface area contributed by atoms with Gasteiger partial charge in [0, 0.05) is 0 Å². The molecule has 0 aromatic carbocycles. The lowest BCUT2D eigenvalue weighted by atomic mass is 10.3. The Bertz CT molecular complexity index is 369. The molecule has 0 fully saturated rings. The number of nitrogens with zero attached hydrogens (tertiary/aromatic N) is 2. The van der Waals surface area contributed by atoms with Gasteiger partial charge in [-0.2, -0.15) is 4.98 Å². The minimum Gasteiger partial charge on any atom is -0.489 e. The summed E-state index contributed by atoms with van der Waals surface area (Å²) in [6, 6.07) is 0. The van der Waals surface area contributed by atoms with Crippen molar-refractivity contribution in [3.05, 3.63) is 10.4 Å². The molecule has 1 rings (SSSR count). The number of halogens is 1. The maximum absolute atomic E-state index is 10.8. The van der Waals surface area contributed by atoms with Gasteiger partial charge in [0.1, 0.15) is 0 Å². The summed E-state index contributed by atoms with van der Waals surface area (Å²) in [4.78, 5) is 18.2. The van der Waals surface area contributed by atoms with Crippen molar-refractivity contribution in [3.8, 4) is 11.6 Å². The van der Waals surface area contributed by atoms with Crippen molar-refractivity contribution in [2.75, 3.05) is 14.2 Å². The van der Waals surface area contributed by atoms with Gasteiger partial charge in [0.05, 0.1) is 14.2 Å². The molecule has 0 amide bonds. The molecule has 76 valence electrons. The van der Waals surface area contributed by atoms with Gasteiger partial charge in [-0.15, -0.1) is 0 Å². The molecule has 0 saturated carbocycles. The van der Waals surface area contributed by atoms with Crippen LogP contribution in [0.5, 0.6) is 11.6 Å². The Morgan fingerprint density at radius 2 is 2.00 bits per heavy atom. The quantitative estimate of drug-likeness (QED) is 0.818. The van der Waals surface area contributed by atoms with E-state index in [9.17, 15) is 4.79 Å². The zero-order valence-electron chi connectivity index (χ0n) is 7.44. The number of aromatic nitrogens is 2. The molecule has 0 saturated heterocycles. The van der Waals surface area contributed by atoms with E-state index in [4.69, 9.17) is 14.6 Å². The van der Waals surface area contributed by atoms with Gasteiger partial charge in [0.25, 0.3) is 5.88 Å². The third-order valence-electron chi connectivity index (χ3n) is 1.41. The van der Waals surface area contributed by atoms with Crippen LogP contribution in [0.1, 0.15) is 10.5 Å². The van der Waals surface area contributed by atoms with E-state index in [0.29, 0.717) is 0 Å². The lowest BCUT2D eigenvalue weighted by Gasteiger charge is -2.08. The second kappa shape index (κ2) is 4.23. The van der Waals surface area contributed by atoms with Crippen LogP contribution in [0.25, 0.3) is 0 Å². The largest absolute Gasteiger partial charge is 0.489 e. The highest BCUT2D eigenvalue weighted by Gasteiger charge is 2.20. The third-order valence-corrected chi connectivity index (χ3v) is 1.76. The molecule has 1 N–H and O–H groups in total. The molecule has 6 nitrogen and oxygen atoms in total. The molecular weight excluding hydrogens is 256 g/mol. The van der Waals surface area contributed by atoms with Crippen LogP contribution in [0.4, 0.5) is 0 Å². The molecule has 0 spiro atoms. The maximum atomic E-state index is 10.8. The topological polar surface area (TPSA) is 81.5 Å². The molecule has 1 heterocycles. The molecule has 0 aliphatic heterocycles. The summed E-state index contributed by atoms with van der Waals surface area (Å²) in [5, 5.41) is 8.79. The highest BCUT2D eigenvalue weighted by Crippen LogP contribution is 2.28. The summed E-state index contributed by atoms with van der Waals surface area (Å²) < 4.78 is 9.80. The number of hydrogen-bond donors (Lipinski definition) is 1. The fourth-order valence-corrected chi connectivity index (χ4v) is 1.21. The van der Waals surface area contributed by atoms with Crippen LogP contribution in [-0.4, -0.2) is 35.3 Å². The number of hydrogen-bond acceptors (Lipinski definition) is 5. The Labute approximate surface area is 88.0 Å². The number of methoxy groups -OCH3 is 2. The minimum absolute atomic E-state index is 0.00296. The highest BCUT2D eigenvalue weighted by molar-refractivity contribution is 9.10. The standard InChI is InChI=1S/C7H7BrN2O4/c1-13-4-3(6(11)12)9-7(8)10-5(4)14-2/h1-2H3,(H,11,12). The maximum Gasteiger partial charge on any atom is 0.358 e. The van der Waals surface area contributed by atoms with Crippen LogP contribution >= 0.6 is 15.9 Å². The fraction of sp³-hybridized carbons (Fsp3) is 0.286. The van der Waals surface area contributed by atoms with Crippen LogP contribution in [-0.2, 0) is 0 Å². The second-order valence-electron chi connectivity index (χ2n) is 2.19. The van der Waals surface area contributed by atoms with Crippen LogP contribution in [0.3, 0.4) is 0 Å². The van der Waals surface area contributed by atoms with Crippen molar-refractivity contribution in [2.45, 2.75) is 0 Å². The Morgan fingerprint density at radius 3 is 2.43 bits per heavy atom. The van der Waals surface area contributed by atoms with E-state index in [1.54, 1.807) is 0 Å². The van der Waals surface area contributed by atoms with Gasteiger partial charge >= 0.3 is 5.97 Å². The van der Waals surface area contributed by atoms with Gasteiger partial charge in [-0.05, 0) is 15.9 Å². The highest BCUT2D eigenvalue weighted by atomic mass is 79.9. The van der Waals surface area contributed by atoms with Gasteiger partial charge in [0.2, 0.25) is 10.5 Å². The number of carbonyl (C=O) groups is 1. The summed E-state index contributed by atoms with van der Waals surface area (Å²) in [5.74, 6) is -1.13. The first kappa shape index (κ1) is 10.7. The van der Waals surface area contributed by atoms with Crippen molar-refractivity contribution in [1.82, 2.24) is 9.97 Å². The normalized spacial score (nSPS) is 9.64. The molecule has 14 heavy (non-hydrogen) atoms. The monoisotopic (exact) mass is 262 g/mol. The average Bonchev–Trinajstić information content (AvgIpc) is 2.16. The van der Waals surface area contributed by atoms with Crippen LogP contribution < -0.4 is 9.47 Å². The summed E-state index contributed by atoms with van der Waals surface area (Å²) in [6.07, 6.45) is 0. The van der Waals surface area contributed by atoms with Crippen molar-refractivity contribution < 1.29 is 19.4 Å². The first-order valence-corrected chi connectivity index (χ1v) is 4.28. The van der Waals surface area contributed by atoms with Gasteiger partial charge in [0.15, 0.2) is 5.69 Å². The number of ether oxygens (including phenoxy) is 2. The van der Waals surface area contributed by atoms with Gasteiger partial charge in [-0.3, -0.25) is 0 Å². The lowest BCUT2D eigenvalue weighted by molar-refractivity contribution is 0.0685. The SMILES string of the molecule is COc1nc(Br)nc(C(=O)O)c1OC. The smallest absolute Gasteiger partial charge is 0.358 e. The average molecular weight is 263 g/mol. The van der Waals surface area contributed by atoms with Gasteiger partial charge in [-0.25, -0.2) is 9.78 Å². The predicted octanol–water partition coefficient (Wildman–Crippen LogP) is 0.954. The summed E-state index contributed by atoms with van der Waals surface area (Å²) in [5.41, 5.74) is -0.244. The van der Waals surface area contributed by atoms with E-state index in [-0.39, 0.29) is 22.1 Å². The number of aromatic carboxylic acids is 1. The number of carboxylic acid groups (broad SMARTS) is 1. The Hall–Kier alpha value is -1.37. The molecule has 0 aliphatic rings. The van der Waals surface area contributed by atoms with Crippen LogP contribution in [0.2, 0.25) is 0 Å². The number of carboxylic acids is 1. The van der Waals surface area contributed by atoms with Gasteiger partial charge in [-0.1, -0.05) is 0 Å². The Balaban J connectivity index is 3.39. The van der Waals surface area contributed by atoms with E-state index in [1.165, 1.54) is 14.2 Å². The van der Waals surface area contributed by atoms with E-state index >= 15 is 0 Å². The van der Waals surface area contributed by atoms with Crippen LogP contribution in [0.15, 0.2) is 4.73 Å². The van der Waals surface area contributed by atoms with Crippen LogP contribution in [0, 0.1) is 0 Å². The van der Waals surface area contributed by atoms with E-state index < -0.39 is 5.97 Å². The summed E-state index contributed by atoms with van der Waals surface area (Å²) in [6.45, 7) is 0. The van der Waals surface area contributed by atoms with E-state index in [2.05, 4.69) is 25.9 Å². The Kier molecular flexibility index (Phi) is 3.23. The summed E-state index contributed by atoms with van der Waals surface area (Å²) in [7, 11) is 2.69. The lowest BCUT2D eigenvalue weighted by Crippen LogP contribution is -2.07. The molecule has 7 heteroatoms. The molecule has 0 atom stereocenters. The van der Waals surface area contributed by atoms with E-state index in [1.807, 2.05) is 0 Å². The van der Waals surface area contributed by atoms with Crippen molar-refractivity contribution >= 4 is 21.9 Å². The zero-order valence-corrected chi connectivity index (χ0v) is 9.03. The Morgan fingerprint density at radius 1 is 1.36 bits per heavy atom. The van der Waals surface area contributed by atoms with Crippen molar-refractivity contribution in [1.29, 1.82) is 0 Å². The molecule has 1 aromatic heterocycles. The summed E-state index contributed by atoms with van der Waals surface area (Å²) >= 11 is 2.96. The van der Waals surface area contributed by atoms with Crippen molar-refractivity contribution in [3.63, 3.8) is 0 Å². The first-order chi connectivity index (χ1) is 6.60. The number of rotatable bonds is 3. The molecule has 0 radical (unpaired) electrons. The molecule has 1 aromatic rings. The van der Waals surface area contributed by atoms with Crippen molar-refractivity contribution in [2.24, 2.45) is 0 Å². The predicted molar refractivity (Wildman–Crippen MR) is 49.8 cm³/mol. The van der Waals surface area contributed by atoms with E-state index in [0.717, 1.165) is 0 Å². The molecule has 0 bridgehead atoms. The molecule has 0 unspecified atom stereocenters. The third kappa shape index (κ3) is 1.92. The first-order valence-electron chi connectivity index (χ1n) is 3.49. The second-order valence-corrected chi connectivity index (χ2v) is 2.90. The molecular formula is C7H7BrN2O4. The van der Waals surface area contributed by atoms with Gasteiger partial charge < -0.3 is 14.6 Å². The molecule has 0 aliphatic carbocycles. The fourth-order valence-electron chi connectivity index (χ4n) is 0.871. The zero-order chi connectivity index (χ0) is 10.7. The minimum atomic E-state index is -1.21.